The first kappa shape index (κ1) is 26.0. The first-order valence-corrected chi connectivity index (χ1v) is 12.3. The normalized spacial score (nSPS) is 12.3. The average molecular weight is 508 g/mol. The number of carbonyl (C=O) groups excluding carboxylic acids is 2. The van der Waals surface area contributed by atoms with Crippen molar-refractivity contribution in [1.82, 2.24) is 24.8 Å². The van der Waals surface area contributed by atoms with Crippen LogP contribution in [0.15, 0.2) is 84.3 Å². The summed E-state index contributed by atoms with van der Waals surface area (Å²) in [6.07, 6.45) is 7.26. The van der Waals surface area contributed by atoms with Gasteiger partial charge in [0, 0.05) is 42.8 Å². The minimum absolute atomic E-state index is 0.128. The minimum atomic E-state index is -0.359. The Morgan fingerprint density at radius 2 is 1.84 bits per heavy atom. The van der Waals surface area contributed by atoms with E-state index in [9.17, 15) is 9.59 Å². The molecule has 1 aliphatic heterocycles. The summed E-state index contributed by atoms with van der Waals surface area (Å²) >= 11 is 0. The molecule has 0 radical (unpaired) electrons. The number of likely N-dealkylation sites (N-methyl/N-ethyl adjacent to an activating group) is 1. The third-order valence-electron chi connectivity index (χ3n) is 5.62. The molecule has 4 aromatic rings. The number of imidazole rings is 2. The first-order valence-electron chi connectivity index (χ1n) is 12.3. The number of nitrogens with zero attached hydrogens (tertiary/aromatic N) is 3. The van der Waals surface area contributed by atoms with E-state index in [1.165, 1.54) is 0 Å². The Labute approximate surface area is 221 Å². The second-order valence-corrected chi connectivity index (χ2v) is 8.16. The SMILES string of the molecule is CC.CN1CC=CC(C#Cc2ccccc2)=C1CC(=O)Nc1nc2c(C(=O)Nc3ncc[nH]3)cccc2[nH]1. The number of H-pyrrole nitrogens is 2. The number of benzene rings is 2. The Bertz CT molecular complexity index is 1540. The van der Waals surface area contributed by atoms with Gasteiger partial charge in [0.05, 0.1) is 17.5 Å². The van der Waals surface area contributed by atoms with Crippen LogP contribution in [0.4, 0.5) is 11.9 Å². The third kappa shape index (κ3) is 6.17. The van der Waals surface area contributed by atoms with Crippen molar-refractivity contribution in [2.24, 2.45) is 0 Å². The van der Waals surface area contributed by atoms with Gasteiger partial charge in [0.1, 0.15) is 5.52 Å². The van der Waals surface area contributed by atoms with E-state index >= 15 is 0 Å². The van der Waals surface area contributed by atoms with Crippen LogP contribution in [0.5, 0.6) is 0 Å². The molecule has 38 heavy (non-hydrogen) atoms. The summed E-state index contributed by atoms with van der Waals surface area (Å²) in [4.78, 5) is 42.0. The van der Waals surface area contributed by atoms with Gasteiger partial charge in [-0.1, -0.05) is 56.0 Å². The molecule has 2 amide bonds. The quantitative estimate of drug-likeness (QED) is 0.292. The van der Waals surface area contributed by atoms with E-state index in [0.717, 1.165) is 16.8 Å². The molecule has 5 rings (SSSR count). The number of hydrogen-bond acceptors (Lipinski definition) is 5. The van der Waals surface area contributed by atoms with Crippen molar-refractivity contribution < 1.29 is 9.59 Å². The summed E-state index contributed by atoms with van der Waals surface area (Å²) in [6.45, 7) is 4.69. The maximum atomic E-state index is 13.0. The average Bonchev–Trinajstić information content (AvgIpc) is 3.60. The van der Waals surface area contributed by atoms with E-state index in [1.54, 1.807) is 30.6 Å². The standard InChI is InChI=1S/C27H23N7O2.C2H6/c1-34-16-6-9-19(13-12-18-7-3-2-4-8-18)22(34)17-23(35)31-27-30-21-11-5-10-20(24(21)32-27)25(36)33-26-28-14-15-29-26;1-2/h2-11,14-15H,16-17H2,1H3,(H2,28,29,33,36)(H2,30,31,32,35);1-2H3. The molecule has 9 nitrogen and oxygen atoms in total. The number of anilines is 2. The Morgan fingerprint density at radius 1 is 1.03 bits per heavy atom. The number of para-hydroxylation sites is 1. The van der Waals surface area contributed by atoms with Crippen LogP contribution in [0.25, 0.3) is 11.0 Å². The Balaban J connectivity index is 0.00000164. The van der Waals surface area contributed by atoms with Gasteiger partial charge in [-0.15, -0.1) is 0 Å². The highest BCUT2D eigenvalue weighted by Gasteiger charge is 2.19. The molecular formula is C29H29N7O2. The zero-order valence-corrected chi connectivity index (χ0v) is 21.5. The van der Waals surface area contributed by atoms with Crippen LogP contribution >= 0.6 is 0 Å². The molecule has 4 N–H and O–H groups in total. The van der Waals surface area contributed by atoms with Gasteiger partial charge in [-0.25, -0.2) is 9.97 Å². The summed E-state index contributed by atoms with van der Waals surface area (Å²) in [7, 11) is 1.93. The van der Waals surface area contributed by atoms with E-state index in [4.69, 9.17) is 0 Å². The number of aromatic amines is 2. The Kier molecular flexibility index (Phi) is 8.36. The molecule has 192 valence electrons. The van der Waals surface area contributed by atoms with Gasteiger partial charge in [0.25, 0.3) is 5.91 Å². The summed E-state index contributed by atoms with van der Waals surface area (Å²) in [5.41, 5.74) is 3.97. The van der Waals surface area contributed by atoms with Crippen LogP contribution < -0.4 is 10.6 Å². The van der Waals surface area contributed by atoms with Crippen LogP contribution in [0.1, 0.15) is 36.2 Å². The molecule has 0 unspecified atom stereocenters. The van der Waals surface area contributed by atoms with Gasteiger partial charge < -0.3 is 14.9 Å². The highest BCUT2D eigenvalue weighted by Crippen LogP contribution is 2.22. The van der Waals surface area contributed by atoms with E-state index < -0.39 is 0 Å². The first-order chi connectivity index (χ1) is 18.6. The van der Waals surface area contributed by atoms with Crippen LogP contribution in [-0.4, -0.2) is 50.2 Å². The maximum Gasteiger partial charge on any atom is 0.260 e. The van der Waals surface area contributed by atoms with Gasteiger partial charge in [0.2, 0.25) is 17.8 Å². The molecule has 1 aliphatic rings. The molecule has 0 aliphatic carbocycles. The molecule has 9 heteroatoms. The fraction of sp³-hybridized carbons (Fsp3) is 0.172. The van der Waals surface area contributed by atoms with E-state index in [0.29, 0.717) is 29.1 Å². The molecule has 0 saturated carbocycles. The van der Waals surface area contributed by atoms with Crippen molar-refractivity contribution in [2.75, 3.05) is 24.2 Å². The van der Waals surface area contributed by atoms with Gasteiger partial charge in [-0.3, -0.25) is 20.2 Å². The predicted molar refractivity (Wildman–Crippen MR) is 149 cm³/mol. The van der Waals surface area contributed by atoms with E-state index in [-0.39, 0.29) is 24.2 Å². The highest BCUT2D eigenvalue weighted by molar-refractivity contribution is 6.11. The lowest BCUT2D eigenvalue weighted by molar-refractivity contribution is -0.115. The monoisotopic (exact) mass is 507 g/mol. The van der Waals surface area contributed by atoms with Crippen LogP contribution in [0.3, 0.4) is 0 Å². The van der Waals surface area contributed by atoms with Crippen molar-refractivity contribution in [1.29, 1.82) is 0 Å². The Hall–Kier alpha value is -5.10. The van der Waals surface area contributed by atoms with Crippen molar-refractivity contribution in [2.45, 2.75) is 20.3 Å². The Morgan fingerprint density at radius 3 is 2.61 bits per heavy atom. The zero-order valence-electron chi connectivity index (χ0n) is 21.5. The molecule has 0 bridgehead atoms. The third-order valence-corrected chi connectivity index (χ3v) is 5.62. The van der Waals surface area contributed by atoms with Gasteiger partial charge >= 0.3 is 0 Å². The lowest BCUT2D eigenvalue weighted by Gasteiger charge is -2.25. The molecule has 0 spiro atoms. The smallest absolute Gasteiger partial charge is 0.260 e. The molecule has 0 fully saturated rings. The van der Waals surface area contributed by atoms with Crippen LogP contribution in [0, 0.1) is 11.8 Å². The summed E-state index contributed by atoms with van der Waals surface area (Å²) in [5, 5.41) is 5.51. The number of nitrogens with one attached hydrogen (secondary N) is 4. The number of allylic oxidation sites excluding steroid dienone is 2. The van der Waals surface area contributed by atoms with E-state index in [2.05, 4.69) is 42.4 Å². The number of amides is 2. The minimum Gasteiger partial charge on any atom is -0.373 e. The highest BCUT2D eigenvalue weighted by atomic mass is 16.2. The van der Waals surface area contributed by atoms with Crippen molar-refractivity contribution in [3.8, 4) is 11.8 Å². The summed E-state index contributed by atoms with van der Waals surface area (Å²) in [5.74, 6) is 6.35. The zero-order chi connectivity index (χ0) is 26.9. The lowest BCUT2D eigenvalue weighted by atomic mass is 10.1. The van der Waals surface area contributed by atoms with Crippen LogP contribution in [0.2, 0.25) is 0 Å². The fourth-order valence-electron chi connectivity index (χ4n) is 3.86. The summed E-state index contributed by atoms with van der Waals surface area (Å²) in [6, 6.07) is 14.9. The number of rotatable bonds is 5. The summed E-state index contributed by atoms with van der Waals surface area (Å²) < 4.78 is 0. The number of hydrogen-bond donors (Lipinski definition) is 4. The van der Waals surface area contributed by atoms with E-state index in [1.807, 2.05) is 68.3 Å². The lowest BCUT2D eigenvalue weighted by Crippen LogP contribution is -2.26. The molecule has 0 atom stereocenters. The number of carbonyl (C=O) groups is 2. The topological polar surface area (TPSA) is 119 Å². The predicted octanol–water partition coefficient (Wildman–Crippen LogP) is 4.70. The molecule has 3 heterocycles. The van der Waals surface area contributed by atoms with Crippen molar-refractivity contribution in [3.05, 3.63) is 95.5 Å². The molecule has 2 aromatic heterocycles. The van der Waals surface area contributed by atoms with Gasteiger partial charge in [-0.2, -0.15) is 0 Å². The second kappa shape index (κ2) is 12.2. The molecular weight excluding hydrogens is 478 g/mol. The molecule has 2 aromatic carbocycles. The van der Waals surface area contributed by atoms with Crippen LogP contribution in [-0.2, 0) is 4.79 Å². The fourth-order valence-corrected chi connectivity index (χ4v) is 3.86. The largest absolute Gasteiger partial charge is 0.373 e. The number of fused-ring (bicyclic) bond motifs is 1. The van der Waals surface area contributed by atoms with Crippen molar-refractivity contribution in [3.63, 3.8) is 0 Å². The van der Waals surface area contributed by atoms with Gasteiger partial charge in [0.15, 0.2) is 0 Å². The van der Waals surface area contributed by atoms with Gasteiger partial charge in [-0.05, 0) is 30.3 Å². The van der Waals surface area contributed by atoms with Crippen molar-refractivity contribution >= 4 is 34.7 Å². The second-order valence-electron chi connectivity index (χ2n) is 8.16. The number of aromatic nitrogens is 4. The molecule has 0 saturated heterocycles. The maximum absolute atomic E-state index is 13.0.